The van der Waals surface area contributed by atoms with Gasteiger partial charge in [0.05, 0.1) is 11.4 Å². The second-order valence-corrected chi connectivity index (χ2v) is 6.63. The number of amides is 1. The number of pyridine rings is 1. The Morgan fingerprint density at radius 2 is 2.19 bits per heavy atom. The molecule has 2 rings (SSSR count). The quantitative estimate of drug-likeness (QED) is 0.843. The van der Waals surface area contributed by atoms with Crippen LogP contribution in [0.3, 0.4) is 0 Å². The van der Waals surface area contributed by atoms with Crippen molar-refractivity contribution in [3.63, 3.8) is 0 Å². The van der Waals surface area contributed by atoms with Gasteiger partial charge in [0, 0.05) is 22.6 Å². The molecule has 0 atom stereocenters. The minimum atomic E-state index is -0.159. The van der Waals surface area contributed by atoms with Crippen LogP contribution in [0.25, 0.3) is 0 Å². The van der Waals surface area contributed by atoms with Crippen LogP contribution in [0.4, 0.5) is 11.7 Å². The minimum absolute atomic E-state index is 0.114. The highest BCUT2D eigenvalue weighted by Gasteiger charge is 2.19. The molecule has 0 saturated carbocycles. The molecule has 2 heterocycles. The molecule has 0 aliphatic heterocycles. The minimum Gasteiger partial charge on any atom is -0.384 e. The van der Waals surface area contributed by atoms with E-state index >= 15 is 0 Å². The number of nitrogens with zero attached hydrogens (tertiary/aromatic N) is 2. The number of hydrogen-bond acceptors (Lipinski definition) is 6. The molecule has 0 bridgehead atoms. The highest BCUT2D eigenvalue weighted by molar-refractivity contribution is 8.00. The van der Waals surface area contributed by atoms with E-state index in [0.717, 1.165) is 10.6 Å². The predicted octanol–water partition coefficient (Wildman–Crippen LogP) is 2.68. The van der Waals surface area contributed by atoms with Gasteiger partial charge in [0.2, 0.25) is 11.8 Å². The van der Waals surface area contributed by atoms with Crippen molar-refractivity contribution >= 4 is 29.4 Å². The Hall–Kier alpha value is -2.02. The van der Waals surface area contributed by atoms with E-state index in [2.05, 4.69) is 15.5 Å². The van der Waals surface area contributed by atoms with Crippen molar-refractivity contribution in [2.45, 2.75) is 31.1 Å². The second-order valence-electron chi connectivity index (χ2n) is 5.58. The highest BCUT2D eigenvalue weighted by atomic mass is 32.2. The average molecular weight is 306 g/mol. The largest absolute Gasteiger partial charge is 0.384 e. The molecule has 0 aliphatic carbocycles. The monoisotopic (exact) mass is 306 g/mol. The van der Waals surface area contributed by atoms with E-state index in [4.69, 9.17) is 10.3 Å². The molecule has 1 amide bonds. The van der Waals surface area contributed by atoms with Crippen molar-refractivity contribution in [2.75, 3.05) is 16.8 Å². The summed E-state index contributed by atoms with van der Waals surface area (Å²) in [6.07, 6.45) is 1.64. The van der Waals surface area contributed by atoms with E-state index in [1.807, 2.05) is 26.8 Å². The standard InChI is InChI=1S/C14H18N4O2S/c1-14(2,3)10-6-13(20-18-10)17-12(19)8-21-9-4-5-11(15)16-7-9/h4-7H,8H2,1-3H3,(H2,15,16)(H,17,19). The Bertz CT molecular complexity index is 617. The summed E-state index contributed by atoms with van der Waals surface area (Å²) in [5.41, 5.74) is 6.19. The molecular weight excluding hydrogens is 288 g/mol. The third kappa shape index (κ3) is 4.49. The average Bonchev–Trinajstić information content (AvgIpc) is 2.86. The lowest BCUT2D eigenvalue weighted by Gasteiger charge is -2.12. The zero-order chi connectivity index (χ0) is 15.5. The first-order valence-electron chi connectivity index (χ1n) is 6.46. The van der Waals surface area contributed by atoms with Crippen LogP contribution in [-0.2, 0) is 10.2 Å². The van der Waals surface area contributed by atoms with Gasteiger partial charge in [0.1, 0.15) is 5.82 Å². The molecule has 7 heteroatoms. The molecule has 2 aromatic heterocycles. The van der Waals surface area contributed by atoms with Gasteiger partial charge in [0.25, 0.3) is 0 Å². The highest BCUT2D eigenvalue weighted by Crippen LogP contribution is 2.24. The van der Waals surface area contributed by atoms with Crippen LogP contribution in [0.15, 0.2) is 33.8 Å². The summed E-state index contributed by atoms with van der Waals surface area (Å²) >= 11 is 1.38. The first-order valence-corrected chi connectivity index (χ1v) is 7.44. The normalized spacial score (nSPS) is 11.4. The van der Waals surface area contributed by atoms with Gasteiger partial charge in [-0.25, -0.2) is 4.98 Å². The lowest BCUT2D eigenvalue weighted by atomic mass is 9.92. The Labute approximate surface area is 127 Å². The molecule has 0 saturated heterocycles. The van der Waals surface area contributed by atoms with Crippen LogP contribution in [0.5, 0.6) is 0 Å². The zero-order valence-electron chi connectivity index (χ0n) is 12.2. The summed E-state index contributed by atoms with van der Waals surface area (Å²) in [6.45, 7) is 6.08. The maximum absolute atomic E-state index is 11.8. The van der Waals surface area contributed by atoms with E-state index in [1.54, 1.807) is 18.3 Å². The van der Waals surface area contributed by atoms with Crippen LogP contribution in [0, 0.1) is 0 Å². The number of thioether (sulfide) groups is 1. The number of carbonyl (C=O) groups is 1. The number of aromatic nitrogens is 2. The SMILES string of the molecule is CC(C)(C)c1cc(NC(=O)CSc2ccc(N)nc2)on1. The lowest BCUT2D eigenvalue weighted by molar-refractivity contribution is -0.113. The molecule has 3 N–H and O–H groups in total. The van der Waals surface area contributed by atoms with Gasteiger partial charge >= 0.3 is 0 Å². The summed E-state index contributed by atoms with van der Waals surface area (Å²) in [6, 6.07) is 5.27. The summed E-state index contributed by atoms with van der Waals surface area (Å²) in [7, 11) is 0. The van der Waals surface area contributed by atoms with Gasteiger partial charge in [-0.3, -0.25) is 10.1 Å². The number of nitrogens with two attached hydrogens (primary N) is 1. The summed E-state index contributed by atoms with van der Waals surface area (Å²) in [5.74, 6) is 0.923. The van der Waals surface area contributed by atoms with Crippen LogP contribution in [-0.4, -0.2) is 21.8 Å². The van der Waals surface area contributed by atoms with E-state index in [9.17, 15) is 4.79 Å². The fourth-order valence-electron chi connectivity index (χ4n) is 1.49. The maximum Gasteiger partial charge on any atom is 0.237 e. The van der Waals surface area contributed by atoms with Gasteiger partial charge < -0.3 is 10.3 Å². The van der Waals surface area contributed by atoms with Crippen molar-refractivity contribution < 1.29 is 9.32 Å². The Morgan fingerprint density at radius 1 is 1.43 bits per heavy atom. The third-order valence-electron chi connectivity index (χ3n) is 2.67. The van der Waals surface area contributed by atoms with Crippen molar-refractivity contribution in [1.29, 1.82) is 0 Å². The predicted molar refractivity (Wildman–Crippen MR) is 83.2 cm³/mol. The lowest BCUT2D eigenvalue weighted by Crippen LogP contribution is -2.14. The van der Waals surface area contributed by atoms with Crippen LogP contribution in [0.1, 0.15) is 26.5 Å². The molecule has 0 aromatic carbocycles. The molecule has 2 aromatic rings. The molecule has 0 spiro atoms. The smallest absolute Gasteiger partial charge is 0.237 e. The molecule has 0 unspecified atom stereocenters. The topological polar surface area (TPSA) is 94.0 Å². The molecule has 0 fully saturated rings. The van der Waals surface area contributed by atoms with Crippen LogP contribution in [0.2, 0.25) is 0 Å². The number of nitrogens with one attached hydrogen (secondary N) is 1. The fraction of sp³-hybridized carbons (Fsp3) is 0.357. The zero-order valence-corrected chi connectivity index (χ0v) is 13.0. The van der Waals surface area contributed by atoms with Crippen LogP contribution < -0.4 is 11.1 Å². The Kier molecular flexibility index (Phi) is 4.52. The number of nitrogen functional groups attached to an aromatic ring is 1. The molecular formula is C14H18N4O2S. The third-order valence-corrected chi connectivity index (χ3v) is 3.65. The van der Waals surface area contributed by atoms with Gasteiger partial charge in [-0.05, 0) is 12.1 Å². The fourth-order valence-corrected chi connectivity index (χ4v) is 2.15. The van der Waals surface area contributed by atoms with Gasteiger partial charge in [-0.2, -0.15) is 0 Å². The van der Waals surface area contributed by atoms with Crippen molar-refractivity contribution in [3.05, 3.63) is 30.1 Å². The summed E-state index contributed by atoms with van der Waals surface area (Å²) in [4.78, 5) is 16.7. The van der Waals surface area contributed by atoms with Crippen molar-refractivity contribution in [1.82, 2.24) is 10.1 Å². The number of hydrogen-bond donors (Lipinski definition) is 2. The molecule has 0 aliphatic rings. The van der Waals surface area contributed by atoms with E-state index in [-0.39, 0.29) is 17.1 Å². The number of anilines is 2. The van der Waals surface area contributed by atoms with E-state index < -0.39 is 0 Å². The van der Waals surface area contributed by atoms with Gasteiger partial charge in [0.15, 0.2) is 0 Å². The molecule has 0 radical (unpaired) electrons. The molecule has 21 heavy (non-hydrogen) atoms. The first kappa shape index (κ1) is 15.4. The number of rotatable bonds is 4. The van der Waals surface area contributed by atoms with E-state index in [0.29, 0.717) is 11.7 Å². The van der Waals surface area contributed by atoms with Gasteiger partial charge in [-0.1, -0.05) is 25.9 Å². The first-order chi connectivity index (χ1) is 9.84. The Balaban J connectivity index is 1.87. The maximum atomic E-state index is 11.8. The summed E-state index contributed by atoms with van der Waals surface area (Å²) < 4.78 is 5.11. The van der Waals surface area contributed by atoms with Crippen LogP contribution >= 0.6 is 11.8 Å². The van der Waals surface area contributed by atoms with Gasteiger partial charge in [-0.15, -0.1) is 11.8 Å². The number of carbonyl (C=O) groups excluding carboxylic acids is 1. The molecule has 6 nitrogen and oxygen atoms in total. The molecule has 112 valence electrons. The Morgan fingerprint density at radius 3 is 2.76 bits per heavy atom. The van der Waals surface area contributed by atoms with Crippen molar-refractivity contribution in [3.8, 4) is 0 Å². The van der Waals surface area contributed by atoms with E-state index in [1.165, 1.54) is 11.8 Å². The van der Waals surface area contributed by atoms with Crippen molar-refractivity contribution in [2.24, 2.45) is 0 Å². The summed E-state index contributed by atoms with van der Waals surface area (Å²) in [5, 5.41) is 6.63. The second kappa shape index (κ2) is 6.17.